The Bertz CT molecular complexity index is 5650. The summed E-state index contributed by atoms with van der Waals surface area (Å²) >= 11 is -2.45. The fourth-order valence-corrected chi connectivity index (χ4v) is 18.5. The van der Waals surface area contributed by atoms with E-state index in [0.29, 0.717) is 71.0 Å². The van der Waals surface area contributed by atoms with Crippen LogP contribution < -0.4 is 35.3 Å². The SMILES string of the molecule is Cn1ncc2c(=O)n(CCC(=O)Cc3cc[c]([Sn]([CH3])([CH3])[CH3])cc3F)c3cc(F)ccc3c21.Cn1ncc2c(=O)n(CCC(=O)Cc3ccc(F)cc3F)c3cc(F)ccc3c21.Cn1ncc2c(=O)n(CCC(=O)O)c3cc(F)ccc3c21.Nc1ccc(I)cc1F.[CH3][Sn]([CH3])([CH3])[c]1ccc(N)c(F)c1. The third-order valence-electron chi connectivity index (χ3n) is 17.1. The standard InChI is InChI=1S/C21H16F3N3O2.C21H16F2N3O2.C14H12FN3O3.C6H5FIN.C6H5FN.6CH3.2Sn/c1-26-20-16-5-4-14(23)10-19(16)27(21(29)17(20)11-25-26)7-6-15(28)8-12-2-3-13(22)9-18(12)24;1-25-20-16-7-6-14(22)11-19(16)26(21(28)17(20)12-24-25)9-8-15(27)10-13-4-2-3-5-18(13)23;1-17-13-9-3-2-8(15)6-11(9)18(5-4-12(19)20)14(21)10(13)7-16-17;7-5-3-4(8)1-2-6(5)9;7-5-3-1-2-4-6(5)8;;;;;;;;/h2-5,9-11H,6-8H2,1H3;2,4-7,11-12H,8-10H2,1H3;2-3,6-7H,4-5H2,1H3,(H,19,20);1-3H,9H2;2-4H,8H2;6*1H3;;. The van der Waals surface area contributed by atoms with E-state index in [1.165, 1.54) is 84.4 Å². The number of nitrogens with two attached hydrogens (primary N) is 2. The van der Waals surface area contributed by atoms with Crippen LogP contribution in [0.25, 0.3) is 65.4 Å². The zero-order chi connectivity index (χ0) is 75.3. The van der Waals surface area contributed by atoms with Crippen molar-refractivity contribution in [2.75, 3.05) is 11.5 Å². The van der Waals surface area contributed by atoms with Crippen LogP contribution in [-0.4, -0.2) is 102 Å². The Morgan fingerprint density at radius 2 is 0.738 bits per heavy atom. The maximum atomic E-state index is 14.6. The molecule has 0 aliphatic carbocycles. The van der Waals surface area contributed by atoms with Crippen molar-refractivity contribution in [2.24, 2.45) is 21.1 Å². The molecule has 0 aliphatic rings. The number of carbonyl (C=O) groups excluding carboxylic acids is 2. The Morgan fingerprint density at radius 1 is 0.417 bits per heavy atom. The first-order valence-corrected chi connectivity index (χ1v) is 53.2. The van der Waals surface area contributed by atoms with Crippen molar-refractivity contribution in [3.05, 3.63) is 238 Å². The first-order valence-electron chi connectivity index (χ1n) is 32.2. The summed E-state index contributed by atoms with van der Waals surface area (Å²) in [5.74, 6) is -5.47. The van der Waals surface area contributed by atoms with Crippen LogP contribution in [-0.2, 0) is 68.0 Å². The molecule has 0 saturated heterocycles. The molecule has 0 amide bonds. The van der Waals surface area contributed by atoms with E-state index < -0.39 is 71.8 Å². The molecule has 536 valence electrons. The molecule has 6 heterocycles. The van der Waals surface area contributed by atoms with Crippen molar-refractivity contribution >= 4 is 161 Å². The van der Waals surface area contributed by atoms with Crippen LogP contribution in [0, 0.1) is 50.1 Å². The Kier molecular flexibility index (Phi) is 24.7. The van der Waals surface area contributed by atoms with Gasteiger partial charge in [0.25, 0.3) is 11.1 Å². The molecule has 0 radical (unpaired) electrons. The first-order chi connectivity index (χ1) is 48.5. The molecule has 5 N–H and O–H groups in total. The van der Waals surface area contributed by atoms with Gasteiger partial charge in [0, 0.05) is 67.5 Å². The summed E-state index contributed by atoms with van der Waals surface area (Å²) in [7, 11) is 5.11. The van der Waals surface area contributed by atoms with Gasteiger partial charge < -0.3 is 20.0 Å². The number of aromatic nitrogens is 9. The maximum absolute atomic E-state index is 14.6. The molecule has 29 heteroatoms. The zero-order valence-corrected chi connectivity index (χ0v) is 65.4. The van der Waals surface area contributed by atoms with Crippen LogP contribution in [0.4, 0.5) is 46.5 Å². The number of aryl methyl sites for hydroxylation is 6. The van der Waals surface area contributed by atoms with Crippen LogP contribution >= 0.6 is 22.6 Å². The number of rotatable bonds is 15. The number of aliphatic carboxylic acids is 1. The van der Waals surface area contributed by atoms with Gasteiger partial charge in [-0.15, -0.1) is 0 Å². The number of nitrogens with zero attached hydrogens (tertiary/aromatic N) is 9. The number of nitrogen functional groups attached to an aromatic ring is 2. The van der Waals surface area contributed by atoms with Crippen molar-refractivity contribution < 1.29 is 54.6 Å². The van der Waals surface area contributed by atoms with Crippen molar-refractivity contribution in [3.63, 3.8) is 0 Å². The van der Waals surface area contributed by atoms with Crippen molar-refractivity contribution in [1.29, 1.82) is 0 Å². The number of benzene rings is 7. The van der Waals surface area contributed by atoms with E-state index in [1.54, 1.807) is 89.8 Å². The van der Waals surface area contributed by atoms with Gasteiger partial charge in [-0.2, -0.15) is 15.3 Å². The minimum absolute atomic E-state index is 0.00523. The average Bonchev–Trinajstić information content (AvgIpc) is 1.72. The molecule has 0 aliphatic heterocycles. The predicted molar refractivity (Wildman–Crippen MR) is 399 cm³/mol. The summed E-state index contributed by atoms with van der Waals surface area (Å²) in [4.78, 5) is 87.5. The van der Waals surface area contributed by atoms with E-state index in [1.807, 2.05) is 34.7 Å². The number of hydrogen-bond acceptors (Lipinski definition) is 11. The fraction of sp³-hybridized carbons (Fsp3) is 0.230. The Balaban J connectivity index is 0.000000159. The number of carboxylic acids is 1. The van der Waals surface area contributed by atoms with E-state index in [9.17, 15) is 63.9 Å². The number of fused-ring (bicyclic) bond motifs is 9. The topological polar surface area (TPSA) is 243 Å². The quantitative estimate of drug-likeness (QED) is 0.0376. The normalized spacial score (nSPS) is 11.5. The molecule has 0 saturated carbocycles. The van der Waals surface area contributed by atoms with E-state index in [2.05, 4.69) is 44.9 Å². The Hall–Kier alpha value is -9.24. The van der Waals surface area contributed by atoms with Gasteiger partial charge in [0.2, 0.25) is 0 Å². The molecule has 0 bridgehead atoms. The third-order valence-corrected chi connectivity index (χ3v) is 29.4. The molecule has 0 fully saturated rings. The Labute approximate surface area is 606 Å². The van der Waals surface area contributed by atoms with Gasteiger partial charge >= 0.3 is 244 Å². The van der Waals surface area contributed by atoms with Gasteiger partial charge in [0.1, 0.15) is 34.9 Å². The minimum atomic E-state index is -2.39. The molecule has 6 aromatic heterocycles. The number of anilines is 2. The molecule has 0 unspecified atom stereocenters. The fourth-order valence-electron chi connectivity index (χ4n) is 11.6. The molecular weight excluding hydrogens is 1670 g/mol. The van der Waals surface area contributed by atoms with Gasteiger partial charge in [-0.05, 0) is 94.9 Å². The van der Waals surface area contributed by atoms with Gasteiger partial charge in [-0.1, -0.05) is 6.07 Å². The number of hydrogen-bond donors (Lipinski definition) is 3. The number of carbonyl (C=O) groups is 3. The number of halogens is 9. The van der Waals surface area contributed by atoms with E-state index in [0.717, 1.165) is 19.3 Å². The molecule has 103 heavy (non-hydrogen) atoms. The third kappa shape index (κ3) is 18.4. The molecule has 13 rings (SSSR count). The average molecular weight is 1740 g/mol. The Morgan fingerprint density at radius 3 is 1.08 bits per heavy atom. The summed E-state index contributed by atoms with van der Waals surface area (Å²) in [6.45, 7) is 0.0742. The summed E-state index contributed by atoms with van der Waals surface area (Å²) in [6, 6.07) is 30.6. The summed E-state index contributed by atoms with van der Waals surface area (Å²) in [6.07, 6.45) is 3.87. The number of Topliss-reactive ketones (excluding diaryl/α,β-unsaturated/α-hetero) is 2. The monoisotopic (exact) mass is 1750 g/mol. The molecule has 13 aromatic rings. The zero-order valence-electron chi connectivity index (χ0n) is 57.5. The number of ketones is 2. The summed E-state index contributed by atoms with van der Waals surface area (Å²) in [5.41, 5.74) is 13.4. The number of carboxylic acid groups (broad SMARTS) is 1. The van der Waals surface area contributed by atoms with Crippen LogP contribution in [0.1, 0.15) is 30.4 Å². The van der Waals surface area contributed by atoms with Gasteiger partial charge in [0.05, 0.1) is 57.3 Å². The van der Waals surface area contributed by atoms with Crippen LogP contribution in [0.15, 0.2) is 160 Å². The predicted octanol–water partition coefficient (Wildman–Crippen LogP) is 12.9. The molecule has 0 spiro atoms. The van der Waals surface area contributed by atoms with Gasteiger partial charge in [-0.25, -0.2) is 26.3 Å². The van der Waals surface area contributed by atoms with Crippen LogP contribution in [0.2, 0.25) is 29.6 Å². The van der Waals surface area contributed by atoms with Crippen molar-refractivity contribution in [1.82, 2.24) is 43.0 Å². The van der Waals surface area contributed by atoms with E-state index >= 15 is 0 Å². The molecule has 7 aromatic carbocycles. The van der Waals surface area contributed by atoms with Crippen molar-refractivity contribution in [2.45, 2.75) is 81.4 Å². The van der Waals surface area contributed by atoms with Crippen molar-refractivity contribution in [3.8, 4) is 0 Å². The molecule has 0 atom stereocenters. The summed E-state index contributed by atoms with van der Waals surface area (Å²) < 4.78 is 120. The van der Waals surface area contributed by atoms with Crippen LogP contribution in [0.5, 0.6) is 0 Å². The second-order valence-electron chi connectivity index (χ2n) is 26.5. The second-order valence-corrected chi connectivity index (χ2v) is 56.7. The van der Waals surface area contributed by atoms with Crippen LogP contribution in [0.3, 0.4) is 0 Å². The number of pyridine rings is 3. The van der Waals surface area contributed by atoms with Gasteiger partial charge in [0.15, 0.2) is 0 Å². The summed E-state index contributed by atoms with van der Waals surface area (Å²) in [5, 5.41) is 24.3. The van der Waals surface area contributed by atoms with E-state index in [4.69, 9.17) is 16.6 Å². The first kappa shape index (κ1) is 77.9. The van der Waals surface area contributed by atoms with Gasteiger partial charge in [-0.3, -0.25) is 33.2 Å². The second kappa shape index (κ2) is 32.6. The molecular formula is C74H72F8IN11O7Sn2. The van der Waals surface area contributed by atoms with E-state index in [-0.39, 0.29) is 114 Å². The molecule has 18 nitrogen and oxygen atoms in total.